The zero-order valence-corrected chi connectivity index (χ0v) is 12.7. The molecule has 3 aliphatic rings. The summed E-state index contributed by atoms with van der Waals surface area (Å²) in [6.07, 6.45) is 9.84. The lowest BCUT2D eigenvalue weighted by Gasteiger charge is -2.38. The Labute approximate surface area is 118 Å². The van der Waals surface area contributed by atoms with Gasteiger partial charge in [0.1, 0.15) is 0 Å². The van der Waals surface area contributed by atoms with Gasteiger partial charge in [0.05, 0.1) is 0 Å². The summed E-state index contributed by atoms with van der Waals surface area (Å²) in [7, 11) is 0. The van der Waals surface area contributed by atoms with Crippen LogP contribution >= 0.6 is 0 Å². The summed E-state index contributed by atoms with van der Waals surface area (Å²) in [4.78, 5) is 5.48. The third kappa shape index (κ3) is 3.50. The smallest absolute Gasteiger partial charge is 0.0280 e. The van der Waals surface area contributed by atoms with Crippen LogP contribution in [-0.2, 0) is 0 Å². The first-order valence-electron chi connectivity index (χ1n) is 8.47. The van der Waals surface area contributed by atoms with Crippen LogP contribution in [0, 0.1) is 0 Å². The Morgan fingerprint density at radius 3 is 2.63 bits per heavy atom. The molecule has 0 aromatic heterocycles. The molecule has 0 amide bonds. The van der Waals surface area contributed by atoms with Gasteiger partial charge in [-0.15, -0.1) is 0 Å². The van der Waals surface area contributed by atoms with Gasteiger partial charge in [0.2, 0.25) is 0 Å². The van der Waals surface area contributed by atoms with Crippen molar-refractivity contribution in [2.24, 2.45) is 0 Å². The van der Waals surface area contributed by atoms with Gasteiger partial charge in [-0.1, -0.05) is 12.8 Å². The molecule has 3 aliphatic heterocycles. The van der Waals surface area contributed by atoms with Crippen LogP contribution in [0.1, 0.15) is 51.9 Å². The van der Waals surface area contributed by atoms with Gasteiger partial charge in [-0.25, -0.2) is 0 Å². The van der Waals surface area contributed by atoms with E-state index in [2.05, 4.69) is 22.0 Å². The fourth-order valence-corrected chi connectivity index (χ4v) is 4.28. The highest BCUT2D eigenvalue weighted by molar-refractivity contribution is 4.93. The molecule has 3 rings (SSSR count). The Kier molecular flexibility index (Phi) is 4.45. The molecule has 0 aromatic rings. The molecule has 1 N–H and O–H groups in total. The maximum Gasteiger partial charge on any atom is 0.0280 e. The predicted molar refractivity (Wildman–Crippen MR) is 80.5 cm³/mol. The molecule has 2 unspecified atom stereocenters. The van der Waals surface area contributed by atoms with Gasteiger partial charge in [0, 0.05) is 24.7 Å². The molecule has 3 fully saturated rings. The van der Waals surface area contributed by atoms with Crippen molar-refractivity contribution in [3.63, 3.8) is 0 Å². The lowest BCUT2D eigenvalue weighted by Crippen LogP contribution is -2.53. The standard InChI is InChI=1S/C16H31N3/c1-16(8-3-4-9-17-16)14-18-12-7-15(13-18)19-10-5-2-6-11-19/h15,17H,2-14H2,1H3. The number of nitrogens with zero attached hydrogens (tertiary/aromatic N) is 2. The minimum Gasteiger partial charge on any atom is -0.310 e. The average molecular weight is 265 g/mol. The second kappa shape index (κ2) is 6.11. The molecular weight excluding hydrogens is 234 g/mol. The SMILES string of the molecule is CC1(CN2CCC(N3CCCCC3)C2)CCCCN1. The van der Waals surface area contributed by atoms with Crippen molar-refractivity contribution in [2.45, 2.75) is 63.5 Å². The van der Waals surface area contributed by atoms with E-state index in [1.54, 1.807) is 0 Å². The Morgan fingerprint density at radius 1 is 1.05 bits per heavy atom. The maximum atomic E-state index is 3.76. The van der Waals surface area contributed by atoms with Crippen molar-refractivity contribution in [2.75, 3.05) is 39.3 Å². The lowest BCUT2D eigenvalue weighted by molar-refractivity contribution is 0.145. The van der Waals surface area contributed by atoms with Crippen LogP contribution < -0.4 is 5.32 Å². The van der Waals surface area contributed by atoms with Crippen LogP contribution in [0.3, 0.4) is 0 Å². The van der Waals surface area contributed by atoms with E-state index in [4.69, 9.17) is 0 Å². The van der Waals surface area contributed by atoms with E-state index in [0.29, 0.717) is 5.54 Å². The summed E-state index contributed by atoms with van der Waals surface area (Å²) < 4.78 is 0. The lowest BCUT2D eigenvalue weighted by atomic mass is 9.90. The number of likely N-dealkylation sites (tertiary alicyclic amines) is 2. The van der Waals surface area contributed by atoms with Gasteiger partial charge >= 0.3 is 0 Å². The highest BCUT2D eigenvalue weighted by atomic mass is 15.3. The fraction of sp³-hybridized carbons (Fsp3) is 1.00. The summed E-state index contributed by atoms with van der Waals surface area (Å²) in [6, 6.07) is 0.854. The second-order valence-corrected chi connectivity index (χ2v) is 7.22. The molecule has 0 saturated carbocycles. The van der Waals surface area contributed by atoms with Crippen LogP contribution in [-0.4, -0.2) is 60.6 Å². The van der Waals surface area contributed by atoms with E-state index in [9.17, 15) is 0 Å². The molecule has 3 saturated heterocycles. The zero-order chi connectivity index (χ0) is 13.1. The predicted octanol–water partition coefficient (Wildman–Crippen LogP) is 2.08. The van der Waals surface area contributed by atoms with Gasteiger partial charge in [-0.05, 0) is 65.2 Å². The summed E-state index contributed by atoms with van der Waals surface area (Å²) in [5, 5.41) is 3.76. The van der Waals surface area contributed by atoms with E-state index in [1.165, 1.54) is 84.2 Å². The van der Waals surface area contributed by atoms with Gasteiger partial charge < -0.3 is 5.32 Å². The zero-order valence-electron chi connectivity index (χ0n) is 12.7. The van der Waals surface area contributed by atoms with E-state index >= 15 is 0 Å². The Balaban J connectivity index is 1.48. The molecule has 3 nitrogen and oxygen atoms in total. The minimum absolute atomic E-state index is 0.384. The molecule has 3 heteroatoms. The number of piperidine rings is 2. The number of nitrogens with one attached hydrogen (secondary N) is 1. The van der Waals surface area contributed by atoms with E-state index in [-0.39, 0.29) is 0 Å². The van der Waals surface area contributed by atoms with E-state index < -0.39 is 0 Å². The average Bonchev–Trinajstić information content (AvgIpc) is 2.88. The highest BCUT2D eigenvalue weighted by Gasteiger charge is 2.34. The van der Waals surface area contributed by atoms with Crippen molar-refractivity contribution < 1.29 is 0 Å². The first-order valence-corrected chi connectivity index (χ1v) is 8.47. The Hall–Kier alpha value is -0.120. The fourth-order valence-electron chi connectivity index (χ4n) is 4.28. The van der Waals surface area contributed by atoms with Gasteiger partial charge in [0.25, 0.3) is 0 Å². The molecular formula is C16H31N3. The topological polar surface area (TPSA) is 18.5 Å². The normalized spacial score (nSPS) is 38.7. The van der Waals surface area contributed by atoms with Crippen molar-refractivity contribution in [3.05, 3.63) is 0 Å². The molecule has 19 heavy (non-hydrogen) atoms. The van der Waals surface area contributed by atoms with Crippen molar-refractivity contribution >= 4 is 0 Å². The van der Waals surface area contributed by atoms with Crippen molar-refractivity contribution in [1.29, 1.82) is 0 Å². The minimum atomic E-state index is 0.384. The summed E-state index contributed by atoms with van der Waals surface area (Å²) in [5.74, 6) is 0. The first-order chi connectivity index (χ1) is 9.25. The van der Waals surface area contributed by atoms with Crippen molar-refractivity contribution in [3.8, 4) is 0 Å². The van der Waals surface area contributed by atoms with Gasteiger partial charge in [-0.2, -0.15) is 0 Å². The summed E-state index contributed by atoms with van der Waals surface area (Å²) in [5.41, 5.74) is 0.384. The van der Waals surface area contributed by atoms with Gasteiger partial charge in [0.15, 0.2) is 0 Å². The molecule has 0 spiro atoms. The summed E-state index contributed by atoms with van der Waals surface area (Å²) in [6.45, 7) is 10.3. The second-order valence-electron chi connectivity index (χ2n) is 7.22. The van der Waals surface area contributed by atoms with Crippen molar-refractivity contribution in [1.82, 2.24) is 15.1 Å². The number of hydrogen-bond donors (Lipinski definition) is 1. The molecule has 110 valence electrons. The Bertz CT molecular complexity index is 280. The van der Waals surface area contributed by atoms with Gasteiger partial charge in [-0.3, -0.25) is 9.80 Å². The van der Waals surface area contributed by atoms with Crippen LogP contribution in [0.4, 0.5) is 0 Å². The molecule has 3 heterocycles. The first kappa shape index (κ1) is 13.8. The molecule has 2 atom stereocenters. The quantitative estimate of drug-likeness (QED) is 0.843. The third-order valence-corrected chi connectivity index (χ3v) is 5.43. The molecule has 0 aliphatic carbocycles. The monoisotopic (exact) mass is 265 g/mol. The molecule has 0 aromatic carbocycles. The third-order valence-electron chi connectivity index (χ3n) is 5.43. The molecule has 0 bridgehead atoms. The Morgan fingerprint density at radius 2 is 1.89 bits per heavy atom. The highest BCUT2D eigenvalue weighted by Crippen LogP contribution is 2.24. The molecule has 0 radical (unpaired) electrons. The maximum absolute atomic E-state index is 3.76. The number of hydrogen-bond acceptors (Lipinski definition) is 3. The van der Waals surface area contributed by atoms with Crippen LogP contribution in [0.2, 0.25) is 0 Å². The van der Waals surface area contributed by atoms with E-state index in [1.807, 2.05) is 0 Å². The number of rotatable bonds is 3. The van der Waals surface area contributed by atoms with Crippen LogP contribution in [0.15, 0.2) is 0 Å². The van der Waals surface area contributed by atoms with Crippen LogP contribution in [0.25, 0.3) is 0 Å². The van der Waals surface area contributed by atoms with E-state index in [0.717, 1.165) is 6.04 Å². The van der Waals surface area contributed by atoms with Crippen LogP contribution in [0.5, 0.6) is 0 Å². The summed E-state index contributed by atoms with van der Waals surface area (Å²) >= 11 is 0. The largest absolute Gasteiger partial charge is 0.310 e.